The molecule has 3 nitrogen and oxygen atoms in total. The number of benzene rings is 1. The van der Waals surface area contributed by atoms with Crippen LogP contribution in [0.5, 0.6) is 0 Å². The number of nitrogens with zero attached hydrogens (tertiary/aromatic N) is 3. The Morgan fingerprint density at radius 1 is 0.850 bits per heavy atom. The predicted octanol–water partition coefficient (Wildman–Crippen LogP) is 3.48. The van der Waals surface area contributed by atoms with Crippen molar-refractivity contribution in [3.8, 4) is 0 Å². The molecule has 112 valence electrons. The van der Waals surface area contributed by atoms with Gasteiger partial charge in [-0.25, -0.2) is 4.99 Å². The Morgan fingerprint density at radius 3 is 1.60 bits per heavy atom. The minimum atomic E-state index is 0.985. The van der Waals surface area contributed by atoms with Gasteiger partial charge in [-0.15, -0.1) is 0 Å². The first-order chi connectivity index (χ1) is 9.44. The molecular formula is C17H29N3. The lowest BCUT2D eigenvalue weighted by Gasteiger charge is -2.24. The molecule has 0 saturated heterocycles. The molecule has 0 aliphatic carbocycles. The summed E-state index contributed by atoms with van der Waals surface area (Å²) in [5, 5.41) is 0. The molecule has 3 heteroatoms. The molecule has 0 heterocycles. The maximum absolute atomic E-state index is 4.94. The zero-order valence-electron chi connectivity index (χ0n) is 14.1. The Kier molecular flexibility index (Phi) is 6.05. The van der Waals surface area contributed by atoms with E-state index in [2.05, 4.69) is 42.7 Å². The van der Waals surface area contributed by atoms with Crippen LogP contribution < -0.4 is 0 Å². The van der Waals surface area contributed by atoms with Gasteiger partial charge < -0.3 is 9.80 Å². The van der Waals surface area contributed by atoms with Gasteiger partial charge >= 0.3 is 0 Å². The number of aryl methyl sites for hydroxylation is 3. The topological polar surface area (TPSA) is 18.8 Å². The van der Waals surface area contributed by atoms with Crippen LogP contribution >= 0.6 is 0 Å². The van der Waals surface area contributed by atoms with Gasteiger partial charge in [-0.05, 0) is 36.0 Å². The van der Waals surface area contributed by atoms with Crippen LogP contribution in [0.15, 0.2) is 17.1 Å². The molecule has 0 atom stereocenters. The Morgan fingerprint density at radius 2 is 1.30 bits per heavy atom. The molecule has 0 aliphatic rings. The number of rotatable bonds is 4. The fraction of sp³-hybridized carbons (Fsp3) is 0.588. The molecule has 0 amide bonds. The number of aliphatic imine (C=N–C) groups is 1. The van der Waals surface area contributed by atoms with Crippen molar-refractivity contribution in [3.63, 3.8) is 0 Å². The first kappa shape index (κ1) is 16.5. The van der Waals surface area contributed by atoms with Gasteiger partial charge in [-0.1, -0.05) is 32.9 Å². The molecule has 0 spiro atoms. The van der Waals surface area contributed by atoms with Gasteiger partial charge in [-0.2, -0.15) is 0 Å². The number of hydrogen-bond acceptors (Lipinski definition) is 1. The predicted molar refractivity (Wildman–Crippen MR) is 89.0 cm³/mol. The molecule has 0 aromatic heterocycles. The van der Waals surface area contributed by atoms with E-state index < -0.39 is 0 Å². The highest BCUT2D eigenvalue weighted by molar-refractivity contribution is 5.83. The molecule has 1 aromatic carbocycles. The summed E-state index contributed by atoms with van der Waals surface area (Å²) < 4.78 is 0. The summed E-state index contributed by atoms with van der Waals surface area (Å²) in [6, 6.07) is 4.61. The Balaban J connectivity index is 3.45. The van der Waals surface area contributed by atoms with E-state index in [1.165, 1.54) is 16.7 Å². The number of guanidine groups is 1. The average molecular weight is 275 g/mol. The molecule has 0 unspecified atom stereocenters. The molecule has 0 saturated carbocycles. The summed E-state index contributed by atoms with van der Waals surface area (Å²) in [6.07, 6.45) is 3.12. The monoisotopic (exact) mass is 275 g/mol. The minimum absolute atomic E-state index is 0.985. The summed E-state index contributed by atoms with van der Waals surface area (Å²) in [5.41, 5.74) is 5.27. The SMILES string of the molecule is CCc1cc(CC)c(N=C(N(C)C)N(C)C)c(CC)c1. The van der Waals surface area contributed by atoms with Crippen LogP contribution in [-0.2, 0) is 19.3 Å². The lowest BCUT2D eigenvalue weighted by atomic mass is 9.98. The Labute approximate surface area is 124 Å². The Bertz CT molecular complexity index is 438. The maximum Gasteiger partial charge on any atom is 0.200 e. The molecule has 20 heavy (non-hydrogen) atoms. The van der Waals surface area contributed by atoms with Gasteiger partial charge in [0.2, 0.25) is 5.96 Å². The minimum Gasteiger partial charge on any atom is -0.349 e. The maximum atomic E-state index is 4.94. The van der Waals surface area contributed by atoms with Crippen LogP contribution in [0, 0.1) is 0 Å². The van der Waals surface area contributed by atoms with E-state index >= 15 is 0 Å². The quantitative estimate of drug-likeness (QED) is 0.619. The van der Waals surface area contributed by atoms with E-state index in [1.54, 1.807) is 0 Å². The Hall–Kier alpha value is -1.51. The van der Waals surface area contributed by atoms with Crippen molar-refractivity contribution in [2.45, 2.75) is 40.0 Å². The van der Waals surface area contributed by atoms with Gasteiger partial charge in [-0.3, -0.25) is 0 Å². The fourth-order valence-electron chi connectivity index (χ4n) is 2.42. The summed E-state index contributed by atoms with van der Waals surface area (Å²) in [6.45, 7) is 6.62. The third-order valence-electron chi connectivity index (χ3n) is 3.51. The third-order valence-corrected chi connectivity index (χ3v) is 3.51. The van der Waals surface area contributed by atoms with Crippen LogP contribution in [0.2, 0.25) is 0 Å². The molecular weight excluding hydrogens is 246 g/mol. The van der Waals surface area contributed by atoms with Gasteiger partial charge in [0.1, 0.15) is 0 Å². The highest BCUT2D eigenvalue weighted by Gasteiger charge is 2.11. The summed E-state index contributed by atoms with van der Waals surface area (Å²) in [5.74, 6) is 0.985. The third kappa shape index (κ3) is 3.75. The fourth-order valence-corrected chi connectivity index (χ4v) is 2.42. The second-order valence-electron chi connectivity index (χ2n) is 5.52. The van der Waals surface area contributed by atoms with Crippen LogP contribution in [0.25, 0.3) is 0 Å². The largest absolute Gasteiger partial charge is 0.349 e. The lowest BCUT2D eigenvalue weighted by Crippen LogP contribution is -2.35. The lowest BCUT2D eigenvalue weighted by molar-refractivity contribution is 0.484. The van der Waals surface area contributed by atoms with Gasteiger partial charge in [0.05, 0.1) is 5.69 Å². The average Bonchev–Trinajstić information content (AvgIpc) is 2.42. The molecule has 0 N–H and O–H groups in total. The van der Waals surface area contributed by atoms with Gasteiger partial charge in [0.25, 0.3) is 0 Å². The van der Waals surface area contributed by atoms with Crippen molar-refractivity contribution < 1.29 is 0 Å². The molecule has 0 bridgehead atoms. The molecule has 1 rings (SSSR count). The zero-order chi connectivity index (χ0) is 15.3. The van der Waals surface area contributed by atoms with Crippen molar-refractivity contribution in [2.75, 3.05) is 28.2 Å². The second-order valence-corrected chi connectivity index (χ2v) is 5.52. The summed E-state index contributed by atoms with van der Waals surface area (Å²) in [7, 11) is 8.15. The van der Waals surface area contributed by atoms with Crippen LogP contribution in [0.1, 0.15) is 37.5 Å². The van der Waals surface area contributed by atoms with Gasteiger partial charge in [0, 0.05) is 28.2 Å². The van der Waals surface area contributed by atoms with Crippen molar-refractivity contribution in [3.05, 3.63) is 28.8 Å². The van der Waals surface area contributed by atoms with Crippen LogP contribution in [0.4, 0.5) is 5.69 Å². The van der Waals surface area contributed by atoms with E-state index in [-0.39, 0.29) is 0 Å². The van der Waals surface area contributed by atoms with Gasteiger partial charge in [0.15, 0.2) is 0 Å². The van der Waals surface area contributed by atoms with E-state index in [1.807, 2.05) is 28.2 Å². The standard InChI is InChI=1S/C17H29N3/c1-8-13-11-14(9-2)16(15(10-3)12-13)18-17(19(4)5)20(6)7/h11-12H,8-10H2,1-7H3. The van der Waals surface area contributed by atoms with E-state index in [0.29, 0.717) is 0 Å². The highest BCUT2D eigenvalue weighted by atomic mass is 15.3. The highest BCUT2D eigenvalue weighted by Crippen LogP contribution is 2.28. The van der Waals surface area contributed by atoms with E-state index in [4.69, 9.17) is 4.99 Å². The van der Waals surface area contributed by atoms with Crippen molar-refractivity contribution in [1.82, 2.24) is 9.80 Å². The van der Waals surface area contributed by atoms with Crippen molar-refractivity contribution in [2.24, 2.45) is 4.99 Å². The second kappa shape index (κ2) is 7.32. The first-order valence-electron chi connectivity index (χ1n) is 7.52. The van der Waals surface area contributed by atoms with Crippen molar-refractivity contribution >= 4 is 11.6 Å². The normalized spacial score (nSPS) is 10.3. The summed E-state index contributed by atoms with van der Waals surface area (Å²) >= 11 is 0. The first-order valence-corrected chi connectivity index (χ1v) is 7.52. The number of hydrogen-bond donors (Lipinski definition) is 0. The van der Waals surface area contributed by atoms with Crippen LogP contribution in [-0.4, -0.2) is 44.0 Å². The molecule has 1 aromatic rings. The smallest absolute Gasteiger partial charge is 0.200 e. The van der Waals surface area contributed by atoms with Crippen molar-refractivity contribution in [1.29, 1.82) is 0 Å². The summed E-state index contributed by atoms with van der Waals surface area (Å²) in [4.78, 5) is 9.07. The zero-order valence-corrected chi connectivity index (χ0v) is 14.1. The molecule has 0 radical (unpaired) electrons. The van der Waals surface area contributed by atoms with E-state index in [0.717, 1.165) is 30.9 Å². The molecule has 0 fully saturated rings. The van der Waals surface area contributed by atoms with Crippen LogP contribution in [0.3, 0.4) is 0 Å². The van der Waals surface area contributed by atoms with E-state index in [9.17, 15) is 0 Å². The molecule has 0 aliphatic heterocycles.